The second-order valence-electron chi connectivity index (χ2n) is 3.14. The highest BCUT2D eigenvalue weighted by molar-refractivity contribution is 5.85. The number of carboxylic acid groups (broad SMARTS) is 1. The fourth-order valence-corrected chi connectivity index (χ4v) is 1.25. The third kappa shape index (κ3) is 1.51. The molecule has 74 valence electrons. The van der Waals surface area contributed by atoms with Crippen LogP contribution in [0.3, 0.4) is 0 Å². The van der Waals surface area contributed by atoms with Crippen LogP contribution in [0.1, 0.15) is 10.5 Å². The van der Waals surface area contributed by atoms with Crippen LogP contribution >= 0.6 is 0 Å². The van der Waals surface area contributed by atoms with Gasteiger partial charge in [-0.25, -0.2) is 4.79 Å². The van der Waals surface area contributed by atoms with E-state index < -0.39 is 5.97 Å². The molecule has 6 heteroatoms. The number of aliphatic hydroxyl groups excluding tert-OH is 1. The lowest BCUT2D eigenvalue weighted by Crippen LogP contribution is -2.51. The number of anilines is 1. The summed E-state index contributed by atoms with van der Waals surface area (Å²) in [6, 6.07) is 2.98. The van der Waals surface area contributed by atoms with E-state index in [-0.39, 0.29) is 11.8 Å². The molecule has 14 heavy (non-hydrogen) atoms. The van der Waals surface area contributed by atoms with Gasteiger partial charge in [-0.1, -0.05) is 0 Å². The van der Waals surface area contributed by atoms with Crippen LogP contribution in [0.5, 0.6) is 0 Å². The molecule has 0 aliphatic carbocycles. The Morgan fingerprint density at radius 2 is 2.14 bits per heavy atom. The van der Waals surface area contributed by atoms with E-state index in [2.05, 4.69) is 10.2 Å². The fraction of sp³-hybridized carbons (Fsp3) is 0.375. The van der Waals surface area contributed by atoms with Gasteiger partial charge in [-0.15, -0.1) is 10.2 Å². The van der Waals surface area contributed by atoms with Crippen LogP contribution in [0.4, 0.5) is 5.82 Å². The summed E-state index contributed by atoms with van der Waals surface area (Å²) in [6.07, 6.45) is -0.309. The molecule has 2 heterocycles. The molecule has 0 unspecified atom stereocenters. The third-order valence-electron chi connectivity index (χ3n) is 2.06. The van der Waals surface area contributed by atoms with Crippen molar-refractivity contribution in [1.29, 1.82) is 0 Å². The van der Waals surface area contributed by atoms with Gasteiger partial charge in [0.15, 0.2) is 11.5 Å². The van der Waals surface area contributed by atoms with E-state index >= 15 is 0 Å². The van der Waals surface area contributed by atoms with Gasteiger partial charge in [0.1, 0.15) is 0 Å². The SMILES string of the molecule is O=C(O)c1ccc(N2CC(O)C2)nn1. The number of aromatic nitrogens is 2. The number of rotatable bonds is 2. The number of aliphatic hydroxyl groups is 1. The van der Waals surface area contributed by atoms with Gasteiger partial charge in [-0.3, -0.25) is 0 Å². The number of hydrogen-bond acceptors (Lipinski definition) is 5. The van der Waals surface area contributed by atoms with Gasteiger partial charge in [0.25, 0.3) is 0 Å². The molecule has 1 aromatic heterocycles. The van der Waals surface area contributed by atoms with E-state index in [4.69, 9.17) is 10.2 Å². The van der Waals surface area contributed by atoms with Crippen molar-refractivity contribution in [3.8, 4) is 0 Å². The summed E-state index contributed by atoms with van der Waals surface area (Å²) >= 11 is 0. The molecule has 0 radical (unpaired) electrons. The van der Waals surface area contributed by atoms with Crippen molar-refractivity contribution in [1.82, 2.24) is 10.2 Å². The zero-order valence-corrected chi connectivity index (χ0v) is 7.29. The van der Waals surface area contributed by atoms with Crippen molar-refractivity contribution >= 4 is 11.8 Å². The molecule has 1 aromatic rings. The smallest absolute Gasteiger partial charge is 0.356 e. The van der Waals surface area contributed by atoms with E-state index in [1.165, 1.54) is 6.07 Å². The lowest BCUT2D eigenvalue weighted by molar-refractivity contribution is 0.0689. The third-order valence-corrected chi connectivity index (χ3v) is 2.06. The highest BCUT2D eigenvalue weighted by Gasteiger charge is 2.25. The molecule has 0 aromatic carbocycles. The van der Waals surface area contributed by atoms with Gasteiger partial charge >= 0.3 is 5.97 Å². The van der Waals surface area contributed by atoms with Crippen LogP contribution in [-0.4, -0.2) is 45.6 Å². The van der Waals surface area contributed by atoms with Gasteiger partial charge in [0.2, 0.25) is 0 Å². The Bertz CT molecular complexity index is 345. The van der Waals surface area contributed by atoms with Gasteiger partial charge in [-0.05, 0) is 12.1 Å². The van der Waals surface area contributed by atoms with Gasteiger partial charge < -0.3 is 15.1 Å². The predicted molar refractivity (Wildman–Crippen MR) is 47.2 cm³/mol. The summed E-state index contributed by atoms with van der Waals surface area (Å²) in [6.45, 7) is 1.06. The number of β-amino-alcohol motifs (C(OH)–C–C–N with tert-alkyl or cyclic N) is 1. The summed E-state index contributed by atoms with van der Waals surface area (Å²) in [5.41, 5.74) is -0.0742. The summed E-state index contributed by atoms with van der Waals surface area (Å²) in [4.78, 5) is 12.3. The minimum Gasteiger partial charge on any atom is -0.476 e. The molecule has 2 rings (SSSR count). The molecule has 0 bridgehead atoms. The van der Waals surface area contributed by atoms with Crippen molar-refractivity contribution in [2.24, 2.45) is 0 Å². The molecule has 6 nitrogen and oxygen atoms in total. The second kappa shape index (κ2) is 3.22. The van der Waals surface area contributed by atoms with E-state index in [1.807, 2.05) is 4.90 Å². The number of hydrogen-bond donors (Lipinski definition) is 2. The lowest BCUT2D eigenvalue weighted by atomic mass is 10.2. The molecule has 1 fully saturated rings. The van der Waals surface area contributed by atoms with Crippen molar-refractivity contribution in [2.45, 2.75) is 6.10 Å². The number of aromatic carboxylic acids is 1. The first-order chi connectivity index (χ1) is 6.66. The van der Waals surface area contributed by atoms with Crippen LogP contribution in [0.25, 0.3) is 0 Å². The Morgan fingerprint density at radius 3 is 2.57 bits per heavy atom. The summed E-state index contributed by atoms with van der Waals surface area (Å²) < 4.78 is 0. The molecule has 1 saturated heterocycles. The Labute approximate surface area is 79.8 Å². The predicted octanol–water partition coefficient (Wildman–Crippen LogP) is -0.644. The highest BCUT2D eigenvalue weighted by Crippen LogP contribution is 2.16. The maximum absolute atomic E-state index is 10.5. The van der Waals surface area contributed by atoms with Gasteiger partial charge in [0, 0.05) is 13.1 Å². The van der Waals surface area contributed by atoms with Crippen LogP contribution < -0.4 is 4.90 Å². The van der Waals surface area contributed by atoms with Crippen molar-refractivity contribution in [3.63, 3.8) is 0 Å². The maximum atomic E-state index is 10.5. The molecule has 0 saturated carbocycles. The standard InChI is InChI=1S/C8H9N3O3/c12-5-3-11(4-5)7-2-1-6(8(13)14)9-10-7/h1-2,5,12H,3-4H2,(H,13,14). The normalized spacial score (nSPS) is 16.5. The first-order valence-electron chi connectivity index (χ1n) is 4.17. The quantitative estimate of drug-likeness (QED) is 0.652. The number of carbonyl (C=O) groups is 1. The Balaban J connectivity index is 2.10. The van der Waals surface area contributed by atoms with Crippen LogP contribution in [-0.2, 0) is 0 Å². The van der Waals surface area contributed by atoms with Crippen LogP contribution in [0.15, 0.2) is 12.1 Å². The first kappa shape index (κ1) is 8.89. The Kier molecular flexibility index (Phi) is 2.05. The van der Waals surface area contributed by atoms with E-state index in [1.54, 1.807) is 6.07 Å². The Morgan fingerprint density at radius 1 is 1.43 bits per heavy atom. The number of carboxylic acids is 1. The molecular weight excluding hydrogens is 186 g/mol. The van der Waals surface area contributed by atoms with Crippen molar-refractivity contribution in [3.05, 3.63) is 17.8 Å². The summed E-state index contributed by atoms with van der Waals surface area (Å²) in [5.74, 6) is -0.493. The molecule has 0 atom stereocenters. The van der Waals surface area contributed by atoms with E-state index in [9.17, 15) is 4.79 Å². The second-order valence-corrected chi connectivity index (χ2v) is 3.14. The minimum atomic E-state index is -1.09. The maximum Gasteiger partial charge on any atom is 0.356 e. The first-order valence-corrected chi connectivity index (χ1v) is 4.17. The summed E-state index contributed by atoms with van der Waals surface area (Å²) in [7, 11) is 0. The van der Waals surface area contributed by atoms with Crippen LogP contribution in [0.2, 0.25) is 0 Å². The topological polar surface area (TPSA) is 86.5 Å². The Hall–Kier alpha value is -1.69. The van der Waals surface area contributed by atoms with Crippen LogP contribution in [0, 0.1) is 0 Å². The van der Waals surface area contributed by atoms with E-state index in [0.717, 1.165) is 0 Å². The van der Waals surface area contributed by atoms with E-state index in [0.29, 0.717) is 18.9 Å². The van der Waals surface area contributed by atoms with Crippen molar-refractivity contribution in [2.75, 3.05) is 18.0 Å². The molecule has 1 aliphatic rings. The zero-order chi connectivity index (χ0) is 10.1. The van der Waals surface area contributed by atoms with Gasteiger partial charge in [-0.2, -0.15) is 0 Å². The molecule has 1 aliphatic heterocycles. The zero-order valence-electron chi connectivity index (χ0n) is 7.29. The highest BCUT2D eigenvalue weighted by atomic mass is 16.4. The minimum absolute atomic E-state index is 0.0742. The average molecular weight is 195 g/mol. The average Bonchev–Trinajstić information content (AvgIpc) is 2.13. The summed E-state index contributed by atoms with van der Waals surface area (Å²) in [5, 5.41) is 24.9. The van der Waals surface area contributed by atoms with Crippen molar-refractivity contribution < 1.29 is 15.0 Å². The molecular formula is C8H9N3O3. The molecule has 2 N–H and O–H groups in total. The molecule has 0 amide bonds. The largest absolute Gasteiger partial charge is 0.476 e. The molecule has 0 spiro atoms. The van der Waals surface area contributed by atoms with Gasteiger partial charge in [0.05, 0.1) is 6.10 Å². The number of nitrogens with zero attached hydrogens (tertiary/aromatic N) is 3. The lowest BCUT2D eigenvalue weighted by Gasteiger charge is -2.36. The fourth-order valence-electron chi connectivity index (χ4n) is 1.25. The monoisotopic (exact) mass is 195 g/mol.